The summed E-state index contributed by atoms with van der Waals surface area (Å²) in [5, 5.41) is 18.5. The zero-order chi connectivity index (χ0) is 31.9. The van der Waals surface area contributed by atoms with Crippen LogP contribution in [0.3, 0.4) is 0 Å². The number of carboxylic acid groups (broad SMARTS) is 2. The molecular weight excluding hydrogens is 574 g/mol. The molecule has 1 amide bonds. The summed E-state index contributed by atoms with van der Waals surface area (Å²) in [6, 6.07) is 8.37. The van der Waals surface area contributed by atoms with Gasteiger partial charge in [-0.3, -0.25) is 19.3 Å². The Labute approximate surface area is 238 Å². The second-order valence-electron chi connectivity index (χ2n) is 10.0. The number of amides is 1. The van der Waals surface area contributed by atoms with Crippen LogP contribution in [0, 0.1) is 0 Å². The van der Waals surface area contributed by atoms with Crippen LogP contribution in [0.2, 0.25) is 0 Å². The molecule has 42 heavy (non-hydrogen) atoms. The van der Waals surface area contributed by atoms with Crippen molar-refractivity contribution in [1.29, 1.82) is 0 Å². The normalized spacial score (nSPS) is 14.9. The number of carboxylic acids is 2. The van der Waals surface area contributed by atoms with E-state index in [2.05, 4.69) is 10.2 Å². The lowest BCUT2D eigenvalue weighted by atomic mass is 9.86. The smallest absolute Gasteiger partial charge is 0.417 e. The molecule has 1 saturated heterocycles. The molecule has 3 rings (SSSR count). The van der Waals surface area contributed by atoms with Crippen LogP contribution in [-0.4, -0.2) is 58.7 Å². The van der Waals surface area contributed by atoms with E-state index in [-0.39, 0.29) is 18.9 Å². The van der Waals surface area contributed by atoms with E-state index < -0.39 is 64.2 Å². The summed E-state index contributed by atoms with van der Waals surface area (Å²) in [7, 11) is 0.926. The number of benzene rings is 2. The molecule has 0 spiro atoms. The number of rotatable bonds is 9. The molecule has 1 atom stereocenters. The number of nitrogens with one attached hydrogen (secondary N) is 1. The molecule has 8 nitrogen and oxygen atoms in total. The van der Waals surface area contributed by atoms with Crippen molar-refractivity contribution < 1.29 is 55.7 Å². The fourth-order valence-corrected chi connectivity index (χ4v) is 4.60. The van der Waals surface area contributed by atoms with Crippen LogP contribution in [0.15, 0.2) is 42.5 Å². The number of likely N-dealkylation sites (tertiary alicyclic amines) is 1. The molecule has 0 aliphatic carbocycles. The highest BCUT2D eigenvalue weighted by molar-refractivity contribution is 5.99. The van der Waals surface area contributed by atoms with Gasteiger partial charge in [-0.1, -0.05) is 30.3 Å². The third kappa shape index (κ3) is 9.10. The van der Waals surface area contributed by atoms with Crippen LogP contribution in [0.4, 0.5) is 26.3 Å². The molecule has 1 fully saturated rings. The fourth-order valence-electron chi connectivity index (χ4n) is 4.60. The van der Waals surface area contributed by atoms with Gasteiger partial charge in [-0.15, -0.1) is 0 Å². The van der Waals surface area contributed by atoms with Gasteiger partial charge < -0.3 is 20.3 Å². The van der Waals surface area contributed by atoms with E-state index in [1.807, 2.05) is 13.8 Å². The van der Waals surface area contributed by atoms with Crippen molar-refractivity contribution in [2.45, 2.75) is 63.5 Å². The number of carbonyl (C=O) groups is 3. The number of ether oxygens (including phenoxy) is 1. The molecule has 14 heteroatoms. The maximum Gasteiger partial charge on any atom is 0.417 e. The Kier molecular flexibility index (Phi) is 11.4. The number of hydrogen-bond donors (Lipinski definition) is 3. The Balaban J connectivity index is 0.000000675. The summed E-state index contributed by atoms with van der Waals surface area (Å²) in [4.78, 5) is 34.7. The lowest BCUT2D eigenvalue weighted by Crippen LogP contribution is -2.53. The van der Waals surface area contributed by atoms with Crippen LogP contribution >= 0.6 is 0 Å². The van der Waals surface area contributed by atoms with Crippen LogP contribution < -0.4 is 10.1 Å². The molecule has 2 aromatic rings. The lowest BCUT2D eigenvalue weighted by Gasteiger charge is -2.42. The Morgan fingerprint density at radius 1 is 0.905 bits per heavy atom. The van der Waals surface area contributed by atoms with Gasteiger partial charge in [0.15, 0.2) is 0 Å². The van der Waals surface area contributed by atoms with E-state index in [9.17, 15) is 40.7 Å². The van der Waals surface area contributed by atoms with Gasteiger partial charge in [0.2, 0.25) is 0 Å². The average Bonchev–Trinajstić information content (AvgIpc) is 3.45. The number of hydrogen-bond acceptors (Lipinski definition) is 5. The van der Waals surface area contributed by atoms with Crippen LogP contribution in [0.25, 0.3) is 0 Å². The summed E-state index contributed by atoms with van der Waals surface area (Å²) in [5.74, 6) is -4.12. The van der Waals surface area contributed by atoms with Crippen LogP contribution in [0.5, 0.6) is 5.75 Å². The topological polar surface area (TPSA) is 116 Å². The van der Waals surface area contributed by atoms with E-state index in [1.165, 1.54) is 0 Å². The molecule has 0 saturated carbocycles. The first-order valence-electron chi connectivity index (χ1n) is 12.8. The number of carbonyl (C=O) groups excluding carboxylic acids is 1. The molecule has 0 bridgehead atoms. The summed E-state index contributed by atoms with van der Waals surface area (Å²) in [6.45, 7) is 5.27. The van der Waals surface area contributed by atoms with Crippen molar-refractivity contribution in [3.05, 3.63) is 64.7 Å². The predicted molar refractivity (Wildman–Crippen MR) is 139 cm³/mol. The van der Waals surface area contributed by atoms with Gasteiger partial charge in [-0.2, -0.15) is 26.3 Å². The zero-order valence-electron chi connectivity index (χ0n) is 23.1. The summed E-state index contributed by atoms with van der Waals surface area (Å²) in [5.41, 5.74) is -4.27. The molecule has 1 aliphatic heterocycles. The molecule has 0 unspecified atom stereocenters. The van der Waals surface area contributed by atoms with Crippen LogP contribution in [-0.2, 0) is 21.9 Å². The third-order valence-corrected chi connectivity index (χ3v) is 6.77. The molecule has 0 radical (unpaired) electrons. The second-order valence-corrected chi connectivity index (χ2v) is 10.0. The van der Waals surface area contributed by atoms with Crippen molar-refractivity contribution in [1.82, 2.24) is 10.2 Å². The number of methoxy groups -OCH3 is 1. The number of aliphatic carboxylic acids is 2. The maximum absolute atomic E-state index is 13.8. The van der Waals surface area contributed by atoms with Crippen molar-refractivity contribution in [2.75, 3.05) is 20.2 Å². The van der Waals surface area contributed by atoms with Gasteiger partial charge >= 0.3 is 24.3 Å². The minimum absolute atomic E-state index is 0.0550. The summed E-state index contributed by atoms with van der Waals surface area (Å²) in [6.07, 6.45) is -8.96. The fraction of sp³-hybridized carbons (Fsp3) is 0.464. The number of nitrogens with zero attached hydrogens (tertiary/aromatic N) is 1. The van der Waals surface area contributed by atoms with Gasteiger partial charge in [-0.05, 0) is 57.5 Å². The van der Waals surface area contributed by atoms with E-state index >= 15 is 0 Å². The molecule has 2 aromatic carbocycles. The van der Waals surface area contributed by atoms with Gasteiger partial charge in [0.05, 0.1) is 42.7 Å². The summed E-state index contributed by atoms with van der Waals surface area (Å²) >= 11 is 0. The largest absolute Gasteiger partial charge is 0.496 e. The number of halogens is 6. The molecule has 0 aromatic heterocycles. The van der Waals surface area contributed by atoms with Gasteiger partial charge in [0, 0.05) is 5.54 Å². The minimum Gasteiger partial charge on any atom is -0.496 e. The van der Waals surface area contributed by atoms with E-state index in [1.54, 1.807) is 30.3 Å². The van der Waals surface area contributed by atoms with Crippen molar-refractivity contribution in [3.63, 3.8) is 0 Å². The Bertz CT molecular complexity index is 1230. The van der Waals surface area contributed by atoms with Gasteiger partial charge in [-0.25, -0.2) is 0 Å². The van der Waals surface area contributed by atoms with E-state index in [0.29, 0.717) is 11.6 Å². The lowest BCUT2D eigenvalue weighted by molar-refractivity contribution is -0.143. The molecule has 1 aliphatic rings. The Morgan fingerprint density at radius 2 is 1.43 bits per heavy atom. The van der Waals surface area contributed by atoms with Crippen molar-refractivity contribution in [2.24, 2.45) is 0 Å². The average molecular weight is 607 g/mol. The molecule has 3 N–H and O–H groups in total. The zero-order valence-corrected chi connectivity index (χ0v) is 23.1. The highest BCUT2D eigenvalue weighted by atomic mass is 19.4. The first-order chi connectivity index (χ1) is 19.4. The second kappa shape index (κ2) is 13.9. The molecule has 232 valence electrons. The first kappa shape index (κ1) is 34.4. The van der Waals surface area contributed by atoms with Crippen molar-refractivity contribution in [3.8, 4) is 5.75 Å². The quantitative estimate of drug-likeness (QED) is 0.299. The SMILES string of the molecule is COc1cc(C(F)(F)F)cc(C(F)(F)F)c1C(=O)N[C@@H](c1ccccc1)C(C)(C)N1CCCC1.O=C(O)CCC(=O)O. The summed E-state index contributed by atoms with van der Waals surface area (Å²) < 4.78 is 86.0. The van der Waals surface area contributed by atoms with Gasteiger partial charge in [0.25, 0.3) is 5.91 Å². The van der Waals surface area contributed by atoms with Gasteiger partial charge in [0.1, 0.15) is 5.75 Å². The third-order valence-electron chi connectivity index (χ3n) is 6.77. The van der Waals surface area contributed by atoms with Crippen LogP contribution in [0.1, 0.15) is 72.6 Å². The maximum atomic E-state index is 13.8. The molecular formula is C28H32F6N2O6. The van der Waals surface area contributed by atoms with Crippen molar-refractivity contribution >= 4 is 17.8 Å². The van der Waals surface area contributed by atoms with E-state index in [0.717, 1.165) is 33.0 Å². The predicted octanol–water partition coefficient (Wildman–Crippen LogP) is 6.01. The first-order valence-corrected chi connectivity index (χ1v) is 12.8. The monoisotopic (exact) mass is 606 g/mol. The highest BCUT2D eigenvalue weighted by Crippen LogP contribution is 2.42. The minimum atomic E-state index is -5.21. The Hall–Kier alpha value is -3.81. The van der Waals surface area contributed by atoms with E-state index in [4.69, 9.17) is 14.9 Å². The Morgan fingerprint density at radius 3 is 1.86 bits per heavy atom. The standard InChI is InChI=1S/C24H26F6N2O2.C4H6O4/c1-22(2,32-11-7-8-12-32)20(15-9-5-4-6-10-15)31-21(33)19-17(24(28,29)30)13-16(23(25,26)27)14-18(19)34-3;5-3(6)1-2-4(7)8/h4-6,9-10,13-14,20H,7-8,11-12H2,1-3H3,(H,31,33);1-2H2,(H,5,6)(H,7,8)/t20-;/m0./s1. The highest BCUT2D eigenvalue weighted by Gasteiger charge is 2.44. The molecule has 1 heterocycles. The number of alkyl halides is 6.